The van der Waals surface area contributed by atoms with Gasteiger partial charge in [0.1, 0.15) is 22.0 Å². The van der Waals surface area contributed by atoms with Gasteiger partial charge in [-0.05, 0) is 42.8 Å². The van der Waals surface area contributed by atoms with Gasteiger partial charge in [0.25, 0.3) is 5.91 Å². The summed E-state index contributed by atoms with van der Waals surface area (Å²) in [5.41, 5.74) is 0.403. The van der Waals surface area contributed by atoms with Crippen molar-refractivity contribution in [2.24, 2.45) is 0 Å². The summed E-state index contributed by atoms with van der Waals surface area (Å²) >= 11 is 0.944. The van der Waals surface area contributed by atoms with Gasteiger partial charge < -0.3 is 14.3 Å². The summed E-state index contributed by atoms with van der Waals surface area (Å²) in [5.74, 6) is -2.03. The second kappa shape index (κ2) is 7.52. The van der Waals surface area contributed by atoms with Crippen LogP contribution in [0.2, 0.25) is 0 Å². The molecular weight excluding hydrogens is 451 g/mol. The van der Waals surface area contributed by atoms with Crippen LogP contribution in [-0.4, -0.2) is 29.1 Å². The number of phenolic OH excluding ortho intramolecular Hbond substituents is 1. The van der Waals surface area contributed by atoms with Crippen LogP contribution >= 0.6 is 11.3 Å². The molecule has 5 rings (SSSR count). The number of carbonyl (C=O) groups excluding carboxylic acids is 2. The van der Waals surface area contributed by atoms with Crippen LogP contribution in [-0.2, 0) is 4.74 Å². The zero-order valence-electron chi connectivity index (χ0n) is 17.3. The van der Waals surface area contributed by atoms with Gasteiger partial charge in [0, 0.05) is 0 Å². The van der Waals surface area contributed by atoms with Crippen molar-refractivity contribution >= 4 is 39.3 Å². The van der Waals surface area contributed by atoms with E-state index < -0.39 is 29.2 Å². The lowest BCUT2D eigenvalue weighted by molar-refractivity contribution is 0.0605. The van der Waals surface area contributed by atoms with E-state index in [1.165, 1.54) is 30.2 Å². The predicted molar refractivity (Wildman–Crippen MR) is 117 cm³/mol. The molecule has 0 saturated carbocycles. The van der Waals surface area contributed by atoms with Crippen molar-refractivity contribution in [2.75, 3.05) is 12.0 Å². The summed E-state index contributed by atoms with van der Waals surface area (Å²) in [6, 6.07) is 8.49. The number of thiazole rings is 1. The number of nitrogens with zero attached hydrogens (tertiary/aromatic N) is 2. The Hall–Kier alpha value is -4.05. The van der Waals surface area contributed by atoms with Gasteiger partial charge in [-0.2, -0.15) is 0 Å². The van der Waals surface area contributed by atoms with Crippen molar-refractivity contribution in [1.82, 2.24) is 4.98 Å². The first-order valence-electron chi connectivity index (χ1n) is 9.74. The minimum atomic E-state index is -0.965. The minimum absolute atomic E-state index is 0.000495. The molecule has 0 spiro atoms. The Bertz CT molecular complexity index is 1510. The maximum Gasteiger partial charge on any atom is 0.350 e. The molecule has 1 aliphatic rings. The van der Waals surface area contributed by atoms with Crippen molar-refractivity contribution < 1.29 is 28.2 Å². The lowest BCUT2D eigenvalue weighted by Gasteiger charge is -2.22. The summed E-state index contributed by atoms with van der Waals surface area (Å²) in [6.07, 6.45) is 0. The van der Waals surface area contributed by atoms with Gasteiger partial charge in [-0.3, -0.25) is 14.5 Å². The van der Waals surface area contributed by atoms with Crippen LogP contribution in [0.5, 0.6) is 5.75 Å². The molecule has 1 atom stereocenters. The molecule has 0 saturated heterocycles. The highest BCUT2D eigenvalue weighted by Crippen LogP contribution is 2.43. The number of ether oxygens (including phenoxy) is 1. The van der Waals surface area contributed by atoms with E-state index in [2.05, 4.69) is 4.98 Å². The third kappa shape index (κ3) is 3.18. The number of aryl methyl sites for hydroxylation is 1. The first-order chi connectivity index (χ1) is 15.8. The largest absolute Gasteiger partial charge is 0.508 e. The van der Waals surface area contributed by atoms with Crippen LogP contribution < -0.4 is 10.3 Å². The van der Waals surface area contributed by atoms with Gasteiger partial charge in [0.2, 0.25) is 5.76 Å². The highest BCUT2D eigenvalue weighted by molar-refractivity contribution is 7.17. The summed E-state index contributed by atoms with van der Waals surface area (Å²) in [6.45, 7) is 1.61. The number of esters is 1. The van der Waals surface area contributed by atoms with Crippen LogP contribution in [0.1, 0.15) is 43.1 Å². The highest BCUT2D eigenvalue weighted by atomic mass is 32.1. The lowest BCUT2D eigenvalue weighted by atomic mass is 9.98. The van der Waals surface area contributed by atoms with Gasteiger partial charge in [-0.25, -0.2) is 14.2 Å². The summed E-state index contributed by atoms with van der Waals surface area (Å²) in [7, 11) is 1.24. The number of phenols is 1. The van der Waals surface area contributed by atoms with Gasteiger partial charge in [-0.1, -0.05) is 23.5 Å². The molecule has 0 bridgehead atoms. The normalized spacial score (nSPS) is 15.2. The van der Waals surface area contributed by atoms with E-state index in [-0.39, 0.29) is 38.1 Å². The average Bonchev–Trinajstić information content (AvgIpc) is 3.32. The number of hydrogen-bond donors (Lipinski definition) is 1. The summed E-state index contributed by atoms with van der Waals surface area (Å²) < 4.78 is 24.4. The summed E-state index contributed by atoms with van der Waals surface area (Å²) in [4.78, 5) is 44.9. The van der Waals surface area contributed by atoms with E-state index in [0.29, 0.717) is 11.3 Å². The first-order valence-corrected chi connectivity index (χ1v) is 10.6. The number of halogens is 1. The van der Waals surface area contributed by atoms with Crippen molar-refractivity contribution in [2.45, 2.75) is 13.0 Å². The molecule has 1 amide bonds. The van der Waals surface area contributed by atoms with Crippen molar-refractivity contribution in [3.05, 3.63) is 86.0 Å². The Morgan fingerprint density at radius 3 is 2.64 bits per heavy atom. The van der Waals surface area contributed by atoms with E-state index in [1.54, 1.807) is 19.1 Å². The molecule has 1 N–H and O–H groups in total. The molecule has 10 heteroatoms. The Labute approximate surface area is 189 Å². The molecule has 2 aromatic heterocycles. The first kappa shape index (κ1) is 20.8. The molecule has 0 fully saturated rings. The van der Waals surface area contributed by atoms with Crippen molar-refractivity contribution in [3.8, 4) is 5.75 Å². The van der Waals surface area contributed by atoms with Crippen LogP contribution in [0.15, 0.2) is 51.7 Å². The number of anilines is 1. The van der Waals surface area contributed by atoms with Crippen LogP contribution in [0, 0.1) is 12.7 Å². The maximum atomic E-state index is 13.9. The zero-order valence-corrected chi connectivity index (χ0v) is 18.1. The fourth-order valence-corrected chi connectivity index (χ4v) is 4.89. The monoisotopic (exact) mass is 466 g/mol. The number of fused-ring (bicyclic) bond motifs is 2. The predicted octanol–water partition coefficient (Wildman–Crippen LogP) is 3.94. The average molecular weight is 466 g/mol. The Morgan fingerprint density at radius 2 is 1.94 bits per heavy atom. The number of aromatic nitrogens is 1. The number of methoxy groups -OCH3 is 1. The second-order valence-corrected chi connectivity index (χ2v) is 8.36. The zero-order chi connectivity index (χ0) is 23.4. The Morgan fingerprint density at radius 1 is 1.21 bits per heavy atom. The number of amides is 1. The van der Waals surface area contributed by atoms with E-state index in [1.807, 2.05) is 0 Å². The molecule has 33 heavy (non-hydrogen) atoms. The van der Waals surface area contributed by atoms with E-state index in [4.69, 9.17) is 9.15 Å². The number of benzene rings is 2. The quantitative estimate of drug-likeness (QED) is 0.456. The van der Waals surface area contributed by atoms with Crippen LogP contribution in [0.25, 0.3) is 11.0 Å². The maximum absolute atomic E-state index is 13.9. The minimum Gasteiger partial charge on any atom is -0.508 e. The van der Waals surface area contributed by atoms with Crippen LogP contribution in [0.4, 0.5) is 9.52 Å². The lowest BCUT2D eigenvalue weighted by Crippen LogP contribution is -2.29. The number of carbonyl (C=O) groups is 2. The molecule has 2 aromatic carbocycles. The van der Waals surface area contributed by atoms with Gasteiger partial charge in [0.05, 0.1) is 29.8 Å². The van der Waals surface area contributed by atoms with E-state index >= 15 is 0 Å². The van der Waals surface area contributed by atoms with Crippen molar-refractivity contribution in [1.29, 1.82) is 0 Å². The second-order valence-electron chi connectivity index (χ2n) is 7.39. The standard InChI is InChI=1S/C23H15FN2O6S/c1-10-20(22(30)31-2)33-23(25-10)26-17(11-3-6-13(27)7-4-11)16-18(28)14-9-12(24)5-8-15(14)32-19(16)21(26)29/h3-9,17,27H,1-2H3/t17-/m1/s1. The van der Waals surface area contributed by atoms with Gasteiger partial charge in [0.15, 0.2) is 10.6 Å². The third-order valence-electron chi connectivity index (χ3n) is 5.40. The Balaban J connectivity index is 1.78. The smallest absolute Gasteiger partial charge is 0.350 e. The molecule has 3 heterocycles. The molecule has 0 aliphatic carbocycles. The SMILES string of the molecule is COC(=O)c1sc(N2C(=O)c3oc4ccc(F)cc4c(=O)c3[C@H]2c2ccc(O)cc2)nc1C. The molecule has 0 radical (unpaired) electrons. The molecule has 166 valence electrons. The fourth-order valence-electron chi connectivity index (χ4n) is 3.88. The topological polar surface area (TPSA) is 110 Å². The molecule has 8 nitrogen and oxygen atoms in total. The fraction of sp³-hybridized carbons (Fsp3) is 0.130. The molecule has 0 unspecified atom stereocenters. The van der Waals surface area contributed by atoms with E-state index in [0.717, 1.165) is 23.5 Å². The van der Waals surface area contributed by atoms with Crippen LogP contribution in [0.3, 0.4) is 0 Å². The molecule has 1 aliphatic heterocycles. The highest BCUT2D eigenvalue weighted by Gasteiger charge is 2.45. The van der Waals surface area contributed by atoms with Crippen molar-refractivity contribution in [3.63, 3.8) is 0 Å². The molecular formula is C23H15FN2O6S. The summed E-state index contributed by atoms with van der Waals surface area (Å²) in [5, 5.41) is 9.88. The Kier molecular flexibility index (Phi) is 4.75. The number of rotatable bonds is 3. The van der Waals surface area contributed by atoms with Gasteiger partial charge >= 0.3 is 5.97 Å². The molecule has 4 aromatic rings. The third-order valence-corrected chi connectivity index (χ3v) is 6.54. The van der Waals surface area contributed by atoms with E-state index in [9.17, 15) is 23.9 Å². The number of hydrogen-bond acceptors (Lipinski definition) is 8. The van der Waals surface area contributed by atoms with Gasteiger partial charge in [-0.15, -0.1) is 0 Å². The number of aromatic hydroxyl groups is 1.